The van der Waals surface area contributed by atoms with Crippen LogP contribution in [0.25, 0.3) is 0 Å². The molecule has 98 valence electrons. The van der Waals surface area contributed by atoms with Crippen LogP contribution in [0, 0.1) is 11.6 Å². The summed E-state index contributed by atoms with van der Waals surface area (Å²) < 4.78 is 25.9. The van der Waals surface area contributed by atoms with Gasteiger partial charge < -0.3 is 0 Å². The quantitative estimate of drug-likeness (QED) is 0.757. The van der Waals surface area contributed by atoms with Crippen molar-refractivity contribution in [3.05, 3.63) is 70.2 Å². The van der Waals surface area contributed by atoms with Crippen molar-refractivity contribution in [2.45, 2.75) is 12.8 Å². The fraction of sp³-hybridized carbons (Fsp3) is 0.133. The Morgan fingerprint density at radius 3 is 2.37 bits per heavy atom. The van der Waals surface area contributed by atoms with E-state index >= 15 is 0 Å². The van der Waals surface area contributed by atoms with Gasteiger partial charge in [0.25, 0.3) is 0 Å². The summed E-state index contributed by atoms with van der Waals surface area (Å²) in [6.45, 7) is 0. The molecule has 1 nitrogen and oxygen atoms in total. The second kappa shape index (κ2) is 5.93. The molecule has 0 amide bonds. The van der Waals surface area contributed by atoms with Gasteiger partial charge in [-0.25, -0.2) is 8.78 Å². The first kappa shape index (κ1) is 13.7. The Morgan fingerprint density at radius 1 is 1.05 bits per heavy atom. The Balaban J connectivity index is 2.01. The number of carbonyl (C=O) groups excluding carboxylic acids is 1. The first-order valence-electron chi connectivity index (χ1n) is 5.79. The molecule has 0 aromatic heterocycles. The maximum Gasteiger partial charge on any atom is 0.163 e. The molecule has 0 heterocycles. The molecule has 0 atom stereocenters. The molecule has 2 aromatic rings. The number of Topliss-reactive ketones (excluding diaryl/α,β-unsaturated/α-hetero) is 1. The number of carbonyl (C=O) groups is 1. The van der Waals surface area contributed by atoms with E-state index in [-0.39, 0.29) is 23.0 Å². The zero-order chi connectivity index (χ0) is 13.8. The predicted octanol–water partition coefficient (Wildman–Crippen LogP) is 4.43. The van der Waals surface area contributed by atoms with Crippen LogP contribution in [0.1, 0.15) is 22.3 Å². The van der Waals surface area contributed by atoms with E-state index in [0.29, 0.717) is 12.0 Å². The molecule has 4 heteroatoms. The third-order valence-electron chi connectivity index (χ3n) is 2.80. The van der Waals surface area contributed by atoms with Crippen LogP contribution in [0.4, 0.5) is 8.78 Å². The lowest BCUT2D eigenvalue weighted by molar-refractivity contribution is 0.0982. The standard InChI is InChI=1S/C15H11ClF2O/c16-13-7-4-11(9-14(13)18)15(19)8-3-10-1-5-12(17)6-2-10/h1-2,4-7,9H,3,8H2. The number of halogens is 3. The first-order valence-corrected chi connectivity index (χ1v) is 6.17. The van der Waals surface area contributed by atoms with E-state index in [1.54, 1.807) is 12.1 Å². The van der Waals surface area contributed by atoms with Gasteiger partial charge in [-0.15, -0.1) is 0 Å². The lowest BCUT2D eigenvalue weighted by Crippen LogP contribution is -2.02. The molecule has 0 bridgehead atoms. The van der Waals surface area contributed by atoms with Gasteiger partial charge in [-0.2, -0.15) is 0 Å². The summed E-state index contributed by atoms with van der Waals surface area (Å²) >= 11 is 5.55. The zero-order valence-electron chi connectivity index (χ0n) is 10.00. The van der Waals surface area contributed by atoms with E-state index < -0.39 is 5.82 Å². The first-order chi connectivity index (χ1) is 9.06. The number of rotatable bonds is 4. The molecule has 0 saturated heterocycles. The van der Waals surface area contributed by atoms with Crippen molar-refractivity contribution >= 4 is 17.4 Å². The van der Waals surface area contributed by atoms with Crippen LogP contribution in [-0.2, 0) is 6.42 Å². The molecule has 0 aliphatic heterocycles. The molecule has 2 rings (SSSR count). The number of hydrogen-bond donors (Lipinski definition) is 0. The molecule has 0 radical (unpaired) electrons. The summed E-state index contributed by atoms with van der Waals surface area (Å²) in [7, 11) is 0. The van der Waals surface area contributed by atoms with Crippen LogP contribution in [0.15, 0.2) is 42.5 Å². The summed E-state index contributed by atoms with van der Waals surface area (Å²) in [5.74, 6) is -1.08. The Hall–Kier alpha value is -1.74. The number of ketones is 1. The zero-order valence-corrected chi connectivity index (χ0v) is 10.8. The summed E-state index contributed by atoms with van der Waals surface area (Å²) in [5, 5.41) is -0.00455. The van der Waals surface area contributed by atoms with Crippen LogP contribution in [-0.4, -0.2) is 5.78 Å². The Kier molecular flexibility index (Phi) is 4.27. The second-order valence-electron chi connectivity index (χ2n) is 4.18. The third-order valence-corrected chi connectivity index (χ3v) is 3.10. The Morgan fingerprint density at radius 2 is 1.74 bits per heavy atom. The molecule has 2 aromatic carbocycles. The fourth-order valence-electron chi connectivity index (χ4n) is 1.72. The van der Waals surface area contributed by atoms with E-state index in [1.807, 2.05) is 0 Å². The van der Waals surface area contributed by atoms with Crippen molar-refractivity contribution < 1.29 is 13.6 Å². The molecular formula is C15H11ClF2O. The fourth-order valence-corrected chi connectivity index (χ4v) is 1.84. The topological polar surface area (TPSA) is 17.1 Å². The number of hydrogen-bond acceptors (Lipinski definition) is 1. The molecular weight excluding hydrogens is 270 g/mol. The highest BCUT2D eigenvalue weighted by Gasteiger charge is 2.09. The largest absolute Gasteiger partial charge is 0.294 e. The maximum absolute atomic E-state index is 13.2. The van der Waals surface area contributed by atoms with Crippen molar-refractivity contribution in [1.29, 1.82) is 0 Å². The SMILES string of the molecule is O=C(CCc1ccc(F)cc1)c1ccc(Cl)c(F)c1. The van der Waals surface area contributed by atoms with Crippen LogP contribution < -0.4 is 0 Å². The van der Waals surface area contributed by atoms with E-state index in [4.69, 9.17) is 11.6 Å². The van der Waals surface area contributed by atoms with Gasteiger partial charge in [-0.05, 0) is 42.3 Å². The summed E-state index contributed by atoms with van der Waals surface area (Å²) in [4.78, 5) is 11.9. The van der Waals surface area contributed by atoms with E-state index in [0.717, 1.165) is 11.6 Å². The average molecular weight is 281 g/mol. The van der Waals surface area contributed by atoms with Crippen LogP contribution in [0.5, 0.6) is 0 Å². The molecule has 0 unspecified atom stereocenters. The Bertz CT molecular complexity index is 594. The van der Waals surface area contributed by atoms with Gasteiger partial charge in [0.2, 0.25) is 0 Å². The minimum absolute atomic E-state index is 0.00455. The van der Waals surface area contributed by atoms with Crippen LogP contribution in [0.3, 0.4) is 0 Å². The number of aryl methyl sites for hydroxylation is 1. The highest BCUT2D eigenvalue weighted by Crippen LogP contribution is 2.17. The lowest BCUT2D eigenvalue weighted by Gasteiger charge is -2.03. The molecule has 0 N–H and O–H groups in total. The van der Waals surface area contributed by atoms with Gasteiger partial charge in [0, 0.05) is 12.0 Å². The average Bonchev–Trinajstić information content (AvgIpc) is 2.41. The third kappa shape index (κ3) is 3.61. The van der Waals surface area contributed by atoms with Gasteiger partial charge in [0.05, 0.1) is 5.02 Å². The number of benzene rings is 2. The van der Waals surface area contributed by atoms with E-state index in [1.165, 1.54) is 24.3 Å². The minimum Gasteiger partial charge on any atom is -0.294 e. The monoisotopic (exact) mass is 280 g/mol. The van der Waals surface area contributed by atoms with Gasteiger partial charge >= 0.3 is 0 Å². The molecule has 19 heavy (non-hydrogen) atoms. The lowest BCUT2D eigenvalue weighted by atomic mass is 10.0. The molecule has 0 fully saturated rings. The van der Waals surface area contributed by atoms with E-state index in [9.17, 15) is 13.6 Å². The molecule has 0 saturated carbocycles. The summed E-state index contributed by atoms with van der Waals surface area (Å²) in [6, 6.07) is 9.95. The highest BCUT2D eigenvalue weighted by atomic mass is 35.5. The van der Waals surface area contributed by atoms with Crippen molar-refractivity contribution in [2.75, 3.05) is 0 Å². The normalized spacial score (nSPS) is 10.5. The van der Waals surface area contributed by atoms with Gasteiger partial charge in [-0.1, -0.05) is 23.7 Å². The molecule has 0 spiro atoms. The minimum atomic E-state index is -0.603. The highest BCUT2D eigenvalue weighted by molar-refractivity contribution is 6.30. The second-order valence-corrected chi connectivity index (χ2v) is 4.59. The van der Waals surface area contributed by atoms with Crippen molar-refractivity contribution in [1.82, 2.24) is 0 Å². The van der Waals surface area contributed by atoms with Crippen LogP contribution >= 0.6 is 11.6 Å². The molecule has 0 aliphatic rings. The van der Waals surface area contributed by atoms with Crippen molar-refractivity contribution in [3.8, 4) is 0 Å². The summed E-state index contributed by atoms with van der Waals surface area (Å²) in [5.41, 5.74) is 1.16. The van der Waals surface area contributed by atoms with Gasteiger partial charge in [-0.3, -0.25) is 4.79 Å². The van der Waals surface area contributed by atoms with Gasteiger partial charge in [0.1, 0.15) is 11.6 Å². The Labute approximate surface area is 114 Å². The molecule has 0 aliphatic carbocycles. The van der Waals surface area contributed by atoms with Crippen molar-refractivity contribution in [2.24, 2.45) is 0 Å². The van der Waals surface area contributed by atoms with Crippen LogP contribution in [0.2, 0.25) is 5.02 Å². The summed E-state index contributed by atoms with van der Waals surface area (Å²) in [6.07, 6.45) is 0.732. The van der Waals surface area contributed by atoms with Crippen molar-refractivity contribution in [3.63, 3.8) is 0 Å². The maximum atomic E-state index is 13.2. The smallest absolute Gasteiger partial charge is 0.163 e. The van der Waals surface area contributed by atoms with Gasteiger partial charge in [0.15, 0.2) is 5.78 Å². The van der Waals surface area contributed by atoms with E-state index in [2.05, 4.69) is 0 Å². The predicted molar refractivity (Wildman–Crippen MR) is 70.5 cm³/mol.